The summed E-state index contributed by atoms with van der Waals surface area (Å²) in [6, 6.07) is 14.1. The maximum atomic E-state index is 12.9. The zero-order valence-corrected chi connectivity index (χ0v) is 16.1. The van der Waals surface area contributed by atoms with Crippen LogP contribution in [0.15, 0.2) is 48.5 Å². The third-order valence-corrected chi connectivity index (χ3v) is 4.80. The van der Waals surface area contributed by atoms with Gasteiger partial charge < -0.3 is 15.4 Å². The van der Waals surface area contributed by atoms with E-state index >= 15 is 0 Å². The third-order valence-electron chi connectivity index (χ3n) is 4.80. The second-order valence-electron chi connectivity index (χ2n) is 7.01. The summed E-state index contributed by atoms with van der Waals surface area (Å²) in [6.45, 7) is 3.17. The van der Waals surface area contributed by atoms with Gasteiger partial charge in [-0.05, 0) is 37.1 Å². The normalized spacial score (nSPS) is 18.8. The molecule has 1 saturated heterocycles. The van der Waals surface area contributed by atoms with Gasteiger partial charge in [-0.2, -0.15) is 0 Å². The van der Waals surface area contributed by atoms with Gasteiger partial charge in [-0.1, -0.05) is 36.4 Å². The number of anilines is 1. The number of amides is 4. The standard InChI is InChI=1S/C21H23N3O4/c1-14-8-4-6-10-16(14)22-18(25)13-24-19(26)21(2,23-20(24)27)12-15-9-5-7-11-17(15)28-3/h4-11H,12-13H2,1-3H3,(H,22,25)(H,23,27)/t21-/m0/s1. The van der Waals surface area contributed by atoms with Gasteiger partial charge in [0.25, 0.3) is 5.91 Å². The van der Waals surface area contributed by atoms with Crippen LogP contribution in [-0.4, -0.2) is 41.9 Å². The first kappa shape index (κ1) is 19.4. The molecule has 7 heteroatoms. The third kappa shape index (κ3) is 3.83. The number of methoxy groups -OCH3 is 1. The number of carbonyl (C=O) groups excluding carboxylic acids is 3. The Hall–Kier alpha value is -3.35. The molecule has 0 saturated carbocycles. The van der Waals surface area contributed by atoms with Crippen LogP contribution in [0.4, 0.5) is 10.5 Å². The van der Waals surface area contributed by atoms with Crippen LogP contribution in [0, 0.1) is 6.92 Å². The van der Waals surface area contributed by atoms with E-state index in [0.717, 1.165) is 16.0 Å². The number of aryl methyl sites for hydroxylation is 1. The van der Waals surface area contributed by atoms with Gasteiger partial charge >= 0.3 is 6.03 Å². The van der Waals surface area contributed by atoms with Gasteiger partial charge in [-0.15, -0.1) is 0 Å². The Morgan fingerprint density at radius 2 is 1.82 bits per heavy atom. The van der Waals surface area contributed by atoms with Gasteiger partial charge in [0, 0.05) is 12.1 Å². The number of nitrogens with zero attached hydrogens (tertiary/aromatic N) is 1. The largest absolute Gasteiger partial charge is 0.496 e. The fourth-order valence-electron chi connectivity index (χ4n) is 3.29. The van der Waals surface area contributed by atoms with Crippen LogP contribution >= 0.6 is 0 Å². The molecule has 3 rings (SSSR count). The zero-order valence-electron chi connectivity index (χ0n) is 16.1. The second-order valence-corrected chi connectivity index (χ2v) is 7.01. The van der Waals surface area contributed by atoms with E-state index < -0.39 is 23.4 Å². The number of hydrogen-bond acceptors (Lipinski definition) is 4. The smallest absolute Gasteiger partial charge is 0.325 e. The second kappa shape index (κ2) is 7.72. The molecule has 0 radical (unpaired) electrons. The monoisotopic (exact) mass is 381 g/mol. The Morgan fingerprint density at radius 3 is 2.54 bits per heavy atom. The minimum Gasteiger partial charge on any atom is -0.496 e. The molecule has 4 amide bonds. The predicted octanol–water partition coefficient (Wildman–Crippen LogP) is 2.50. The Morgan fingerprint density at radius 1 is 1.14 bits per heavy atom. The molecule has 146 valence electrons. The van der Waals surface area contributed by atoms with Crippen LogP contribution in [0.25, 0.3) is 0 Å². The molecule has 1 heterocycles. The van der Waals surface area contributed by atoms with E-state index in [0.29, 0.717) is 11.4 Å². The average Bonchev–Trinajstić information content (AvgIpc) is 2.87. The lowest BCUT2D eigenvalue weighted by Gasteiger charge is -2.22. The summed E-state index contributed by atoms with van der Waals surface area (Å²) in [5, 5.41) is 5.45. The first-order chi connectivity index (χ1) is 13.3. The van der Waals surface area contributed by atoms with Gasteiger partial charge in [-0.3, -0.25) is 14.5 Å². The molecule has 0 spiro atoms. The summed E-state index contributed by atoms with van der Waals surface area (Å²) in [7, 11) is 1.55. The summed E-state index contributed by atoms with van der Waals surface area (Å²) in [5.41, 5.74) is 1.20. The molecule has 2 aromatic rings. The molecular formula is C21H23N3O4. The molecule has 2 N–H and O–H groups in total. The van der Waals surface area contributed by atoms with Crippen molar-refractivity contribution in [3.63, 3.8) is 0 Å². The molecule has 0 aromatic heterocycles. The summed E-state index contributed by atoms with van der Waals surface area (Å²) in [6.07, 6.45) is 0.261. The number of hydrogen-bond donors (Lipinski definition) is 2. The minimum atomic E-state index is -1.14. The predicted molar refractivity (Wildman–Crippen MR) is 105 cm³/mol. The van der Waals surface area contributed by atoms with Crippen molar-refractivity contribution in [1.29, 1.82) is 0 Å². The highest BCUT2D eigenvalue weighted by molar-refractivity contribution is 6.10. The van der Waals surface area contributed by atoms with E-state index in [4.69, 9.17) is 4.74 Å². The van der Waals surface area contributed by atoms with Crippen molar-refractivity contribution in [2.75, 3.05) is 19.0 Å². The number of carbonyl (C=O) groups is 3. The van der Waals surface area contributed by atoms with Crippen LogP contribution in [0.2, 0.25) is 0 Å². The molecule has 0 bridgehead atoms. The molecule has 1 aliphatic heterocycles. The number of rotatable bonds is 6. The van der Waals surface area contributed by atoms with Gasteiger partial charge in [-0.25, -0.2) is 4.79 Å². The molecular weight excluding hydrogens is 358 g/mol. The van der Waals surface area contributed by atoms with E-state index in [1.807, 2.05) is 37.3 Å². The van der Waals surface area contributed by atoms with E-state index in [2.05, 4.69) is 10.6 Å². The van der Waals surface area contributed by atoms with E-state index in [1.165, 1.54) is 0 Å². The first-order valence-electron chi connectivity index (χ1n) is 8.95. The topological polar surface area (TPSA) is 87.7 Å². The van der Waals surface area contributed by atoms with Gasteiger partial charge in [0.2, 0.25) is 5.91 Å². The molecule has 2 aromatic carbocycles. The van der Waals surface area contributed by atoms with E-state index in [1.54, 1.807) is 32.2 Å². The summed E-state index contributed by atoms with van der Waals surface area (Å²) >= 11 is 0. The molecule has 0 aliphatic carbocycles. The van der Waals surface area contributed by atoms with Crippen LogP contribution < -0.4 is 15.4 Å². The van der Waals surface area contributed by atoms with Crippen molar-refractivity contribution >= 4 is 23.5 Å². The van der Waals surface area contributed by atoms with Crippen molar-refractivity contribution in [3.8, 4) is 5.75 Å². The number of imide groups is 1. The number of urea groups is 1. The number of nitrogens with one attached hydrogen (secondary N) is 2. The minimum absolute atomic E-state index is 0.261. The van der Waals surface area contributed by atoms with Crippen LogP contribution in [0.5, 0.6) is 5.75 Å². The number of para-hydroxylation sites is 2. The van der Waals surface area contributed by atoms with Crippen LogP contribution in [-0.2, 0) is 16.0 Å². The summed E-state index contributed by atoms with van der Waals surface area (Å²) in [4.78, 5) is 38.6. The van der Waals surface area contributed by atoms with Crippen molar-refractivity contribution in [1.82, 2.24) is 10.2 Å². The van der Waals surface area contributed by atoms with Crippen molar-refractivity contribution in [2.45, 2.75) is 25.8 Å². The van der Waals surface area contributed by atoms with Crippen LogP contribution in [0.1, 0.15) is 18.1 Å². The van der Waals surface area contributed by atoms with E-state index in [9.17, 15) is 14.4 Å². The molecule has 1 fully saturated rings. The lowest BCUT2D eigenvalue weighted by molar-refractivity contribution is -0.133. The molecule has 0 unspecified atom stereocenters. The van der Waals surface area contributed by atoms with Gasteiger partial charge in [0.05, 0.1) is 7.11 Å². The van der Waals surface area contributed by atoms with Crippen molar-refractivity contribution in [2.24, 2.45) is 0 Å². The Kier molecular flexibility index (Phi) is 5.35. The fourth-order valence-corrected chi connectivity index (χ4v) is 3.29. The van der Waals surface area contributed by atoms with Crippen molar-refractivity contribution < 1.29 is 19.1 Å². The lowest BCUT2D eigenvalue weighted by atomic mass is 9.92. The zero-order chi connectivity index (χ0) is 20.3. The Balaban J connectivity index is 1.72. The van der Waals surface area contributed by atoms with E-state index in [-0.39, 0.29) is 13.0 Å². The Bertz CT molecular complexity index is 927. The fraction of sp³-hybridized carbons (Fsp3) is 0.286. The number of ether oxygens (including phenoxy) is 1. The highest BCUT2D eigenvalue weighted by atomic mass is 16.5. The quantitative estimate of drug-likeness (QED) is 0.753. The van der Waals surface area contributed by atoms with Crippen molar-refractivity contribution in [3.05, 3.63) is 59.7 Å². The molecule has 7 nitrogen and oxygen atoms in total. The van der Waals surface area contributed by atoms with Crippen LogP contribution in [0.3, 0.4) is 0 Å². The summed E-state index contributed by atoms with van der Waals surface area (Å²) < 4.78 is 5.33. The molecule has 28 heavy (non-hydrogen) atoms. The highest BCUT2D eigenvalue weighted by Crippen LogP contribution is 2.27. The number of benzene rings is 2. The first-order valence-corrected chi connectivity index (χ1v) is 8.95. The average molecular weight is 381 g/mol. The summed E-state index contributed by atoms with van der Waals surface area (Å²) in [5.74, 6) is -0.232. The maximum Gasteiger partial charge on any atom is 0.325 e. The SMILES string of the molecule is COc1ccccc1C[C@]1(C)NC(=O)N(CC(=O)Nc2ccccc2C)C1=O. The Labute approximate surface area is 163 Å². The van der Waals surface area contributed by atoms with Gasteiger partial charge in [0.1, 0.15) is 17.8 Å². The maximum absolute atomic E-state index is 12.9. The highest BCUT2D eigenvalue weighted by Gasteiger charge is 2.48. The molecule has 1 atom stereocenters. The van der Waals surface area contributed by atoms with Gasteiger partial charge in [0.15, 0.2) is 0 Å². The molecule has 1 aliphatic rings. The lowest BCUT2D eigenvalue weighted by Crippen LogP contribution is -2.46.